The molecule has 2 rings (SSSR count). The van der Waals surface area contributed by atoms with Gasteiger partial charge in [-0.1, -0.05) is 32.0 Å². The molecule has 1 N–H and O–H groups in total. The van der Waals surface area contributed by atoms with Gasteiger partial charge < -0.3 is 19.0 Å². The number of fused-ring (bicyclic) bond motifs is 1. The summed E-state index contributed by atoms with van der Waals surface area (Å²) in [6, 6.07) is 7.23. The Morgan fingerprint density at radius 1 is 1.24 bits per heavy atom. The molecule has 114 valence electrons. The zero-order valence-corrected chi connectivity index (χ0v) is 12.3. The van der Waals surface area contributed by atoms with Gasteiger partial charge in [-0.05, 0) is 12.0 Å². The van der Waals surface area contributed by atoms with Gasteiger partial charge in [-0.3, -0.25) is 0 Å². The molecule has 5 heteroatoms. The Morgan fingerprint density at radius 2 is 1.95 bits per heavy atom. The Labute approximate surface area is 123 Å². The van der Waals surface area contributed by atoms with Gasteiger partial charge in [0, 0.05) is 17.6 Å². The van der Waals surface area contributed by atoms with Crippen molar-refractivity contribution in [3.8, 4) is 0 Å². The fourth-order valence-corrected chi connectivity index (χ4v) is 2.03. The summed E-state index contributed by atoms with van der Waals surface area (Å²) < 4.78 is 16.3. The third kappa shape index (κ3) is 4.06. The molecule has 0 aliphatic heterocycles. The van der Waals surface area contributed by atoms with Crippen molar-refractivity contribution in [3.05, 3.63) is 35.6 Å². The van der Waals surface area contributed by atoms with E-state index in [-0.39, 0.29) is 12.4 Å². The van der Waals surface area contributed by atoms with Crippen LogP contribution in [0.4, 0.5) is 0 Å². The fourth-order valence-electron chi connectivity index (χ4n) is 2.03. The van der Waals surface area contributed by atoms with E-state index in [0.29, 0.717) is 36.9 Å². The molecule has 2 aromatic rings. The third-order valence-electron chi connectivity index (χ3n) is 2.96. The Morgan fingerprint density at radius 3 is 2.67 bits per heavy atom. The minimum absolute atomic E-state index is 0.0562. The number of hydrogen-bond acceptors (Lipinski definition) is 4. The molecule has 21 heavy (non-hydrogen) atoms. The van der Waals surface area contributed by atoms with E-state index in [2.05, 4.69) is 13.8 Å². The second-order valence-corrected chi connectivity index (χ2v) is 5.23. The average Bonchev–Trinajstić information content (AvgIpc) is 2.81. The molecule has 0 amide bonds. The molecular formula is C16H20O5. The summed E-state index contributed by atoms with van der Waals surface area (Å²) in [5.74, 6) is -0.651. The summed E-state index contributed by atoms with van der Waals surface area (Å²) in [6.07, 6.45) is 0. The van der Waals surface area contributed by atoms with Crippen LogP contribution in [-0.4, -0.2) is 30.9 Å². The lowest BCUT2D eigenvalue weighted by Gasteiger charge is -2.07. The maximum Gasteiger partial charge on any atom is 0.372 e. The summed E-state index contributed by atoms with van der Waals surface area (Å²) in [4.78, 5) is 11.2. The standard InChI is InChI=1S/C16H20O5/c1-11(2)9-19-7-8-20-10-13-12-5-3-4-6-14(12)21-15(13)16(17)18/h3-6,11H,7-10H2,1-2H3,(H,17,18). The largest absolute Gasteiger partial charge is 0.475 e. The molecule has 0 aliphatic carbocycles. The van der Waals surface area contributed by atoms with Gasteiger partial charge in [-0.2, -0.15) is 0 Å². The first-order chi connectivity index (χ1) is 10.1. The zero-order valence-electron chi connectivity index (χ0n) is 12.3. The number of ether oxygens (including phenoxy) is 2. The maximum atomic E-state index is 11.2. The predicted octanol–water partition coefficient (Wildman–Crippen LogP) is 3.32. The van der Waals surface area contributed by atoms with E-state index in [0.717, 1.165) is 5.39 Å². The van der Waals surface area contributed by atoms with Crippen LogP contribution in [-0.2, 0) is 16.1 Å². The maximum absolute atomic E-state index is 11.2. The van der Waals surface area contributed by atoms with E-state index in [1.165, 1.54) is 0 Å². The summed E-state index contributed by atoms with van der Waals surface area (Å²) in [5.41, 5.74) is 1.13. The molecule has 1 aromatic carbocycles. The second kappa shape index (κ2) is 7.24. The Balaban J connectivity index is 1.97. The van der Waals surface area contributed by atoms with Gasteiger partial charge in [0.15, 0.2) is 0 Å². The van der Waals surface area contributed by atoms with Crippen LogP contribution in [0, 0.1) is 5.92 Å². The number of aromatic carboxylic acids is 1. The summed E-state index contributed by atoms with van der Waals surface area (Å²) >= 11 is 0. The van der Waals surface area contributed by atoms with Crippen LogP contribution in [0.15, 0.2) is 28.7 Å². The van der Waals surface area contributed by atoms with Crippen LogP contribution in [0.5, 0.6) is 0 Å². The van der Waals surface area contributed by atoms with Gasteiger partial charge in [0.2, 0.25) is 5.76 Å². The van der Waals surface area contributed by atoms with Crippen molar-refractivity contribution in [3.63, 3.8) is 0 Å². The summed E-state index contributed by atoms with van der Waals surface area (Å²) in [7, 11) is 0. The van der Waals surface area contributed by atoms with E-state index in [4.69, 9.17) is 13.9 Å². The summed E-state index contributed by atoms with van der Waals surface area (Å²) in [6.45, 7) is 5.97. The lowest BCUT2D eigenvalue weighted by molar-refractivity contribution is 0.0309. The number of carboxylic acids is 1. The molecule has 0 saturated carbocycles. The van der Waals surface area contributed by atoms with Crippen molar-refractivity contribution in [2.45, 2.75) is 20.5 Å². The topological polar surface area (TPSA) is 68.9 Å². The van der Waals surface area contributed by atoms with Crippen LogP contribution >= 0.6 is 0 Å². The van der Waals surface area contributed by atoms with Crippen molar-refractivity contribution in [2.75, 3.05) is 19.8 Å². The van der Waals surface area contributed by atoms with E-state index < -0.39 is 5.97 Å². The highest BCUT2D eigenvalue weighted by Gasteiger charge is 2.19. The van der Waals surface area contributed by atoms with Crippen molar-refractivity contribution < 1.29 is 23.8 Å². The Bertz CT molecular complexity index is 600. The van der Waals surface area contributed by atoms with Crippen LogP contribution in [0.25, 0.3) is 11.0 Å². The number of hydrogen-bond donors (Lipinski definition) is 1. The van der Waals surface area contributed by atoms with Crippen LogP contribution in [0.2, 0.25) is 0 Å². The number of carbonyl (C=O) groups is 1. The van der Waals surface area contributed by atoms with Gasteiger partial charge in [0.1, 0.15) is 5.58 Å². The molecule has 0 saturated heterocycles. The third-order valence-corrected chi connectivity index (χ3v) is 2.96. The van der Waals surface area contributed by atoms with Gasteiger partial charge in [-0.25, -0.2) is 4.79 Å². The molecule has 0 unspecified atom stereocenters. The first-order valence-corrected chi connectivity index (χ1v) is 6.98. The van der Waals surface area contributed by atoms with Crippen LogP contribution < -0.4 is 0 Å². The quantitative estimate of drug-likeness (QED) is 0.756. The van der Waals surface area contributed by atoms with Gasteiger partial charge in [0.25, 0.3) is 0 Å². The van der Waals surface area contributed by atoms with Gasteiger partial charge >= 0.3 is 5.97 Å². The van der Waals surface area contributed by atoms with E-state index in [1.54, 1.807) is 6.07 Å². The highest BCUT2D eigenvalue weighted by molar-refractivity contribution is 5.94. The van der Waals surface area contributed by atoms with Crippen molar-refractivity contribution >= 4 is 16.9 Å². The molecule has 0 spiro atoms. The number of para-hydroxylation sites is 1. The molecule has 0 aliphatic rings. The lowest BCUT2D eigenvalue weighted by atomic mass is 10.1. The van der Waals surface area contributed by atoms with Crippen LogP contribution in [0.1, 0.15) is 30.0 Å². The molecule has 0 fully saturated rings. The van der Waals surface area contributed by atoms with Crippen molar-refractivity contribution in [2.24, 2.45) is 5.92 Å². The minimum Gasteiger partial charge on any atom is -0.475 e. The molecule has 0 bridgehead atoms. The van der Waals surface area contributed by atoms with Gasteiger partial charge in [-0.15, -0.1) is 0 Å². The molecule has 1 heterocycles. The normalized spacial score (nSPS) is 11.4. The molecule has 1 aromatic heterocycles. The van der Waals surface area contributed by atoms with Gasteiger partial charge in [0.05, 0.1) is 19.8 Å². The van der Waals surface area contributed by atoms with E-state index in [1.807, 2.05) is 18.2 Å². The first kappa shape index (κ1) is 15.5. The Hall–Kier alpha value is -1.85. The summed E-state index contributed by atoms with van der Waals surface area (Å²) in [5, 5.41) is 9.97. The monoisotopic (exact) mass is 292 g/mol. The number of benzene rings is 1. The highest BCUT2D eigenvalue weighted by atomic mass is 16.5. The molecule has 0 atom stereocenters. The molecular weight excluding hydrogens is 272 g/mol. The fraction of sp³-hybridized carbons (Fsp3) is 0.438. The number of rotatable bonds is 8. The van der Waals surface area contributed by atoms with Crippen molar-refractivity contribution in [1.29, 1.82) is 0 Å². The molecule has 5 nitrogen and oxygen atoms in total. The zero-order chi connectivity index (χ0) is 15.2. The average molecular weight is 292 g/mol. The van der Waals surface area contributed by atoms with E-state index >= 15 is 0 Å². The first-order valence-electron chi connectivity index (χ1n) is 6.98. The number of furan rings is 1. The Kier molecular flexibility index (Phi) is 5.36. The lowest BCUT2D eigenvalue weighted by Crippen LogP contribution is -2.09. The second-order valence-electron chi connectivity index (χ2n) is 5.23. The predicted molar refractivity (Wildman–Crippen MR) is 78.5 cm³/mol. The van der Waals surface area contributed by atoms with Crippen LogP contribution in [0.3, 0.4) is 0 Å². The van der Waals surface area contributed by atoms with E-state index in [9.17, 15) is 9.90 Å². The smallest absolute Gasteiger partial charge is 0.372 e. The molecule has 0 radical (unpaired) electrons. The highest BCUT2D eigenvalue weighted by Crippen LogP contribution is 2.26. The number of carboxylic acid groups (broad SMARTS) is 1. The minimum atomic E-state index is -1.08. The SMILES string of the molecule is CC(C)COCCOCc1c(C(=O)O)oc2ccccc12. The van der Waals surface area contributed by atoms with Crippen molar-refractivity contribution in [1.82, 2.24) is 0 Å².